The van der Waals surface area contributed by atoms with E-state index in [9.17, 15) is 5.26 Å². The Morgan fingerprint density at radius 1 is 1.22 bits per heavy atom. The van der Waals surface area contributed by atoms with E-state index >= 15 is 0 Å². The molecule has 1 heterocycles. The minimum atomic E-state index is -0.398. The number of pyridine rings is 1. The summed E-state index contributed by atoms with van der Waals surface area (Å²) in [6.45, 7) is 0. The van der Waals surface area contributed by atoms with Gasteiger partial charge < -0.3 is 0 Å². The van der Waals surface area contributed by atoms with Crippen LogP contribution in [0.25, 0.3) is 0 Å². The van der Waals surface area contributed by atoms with Gasteiger partial charge in [-0.05, 0) is 29.8 Å². The van der Waals surface area contributed by atoms with Gasteiger partial charge in [-0.1, -0.05) is 47.1 Å². The maximum absolute atomic E-state index is 9.24. The molecule has 0 fully saturated rings. The highest BCUT2D eigenvalue weighted by molar-refractivity contribution is 7.99. The highest BCUT2D eigenvalue weighted by Gasteiger charge is 2.16. The molecule has 1 unspecified atom stereocenters. The summed E-state index contributed by atoms with van der Waals surface area (Å²) in [7, 11) is 0. The fourth-order valence-corrected chi connectivity index (χ4v) is 2.90. The minimum absolute atomic E-state index is 0.398. The van der Waals surface area contributed by atoms with Gasteiger partial charge in [0.1, 0.15) is 5.25 Å². The number of thioether (sulfide) groups is 1. The zero-order valence-electron chi connectivity index (χ0n) is 9.18. The number of rotatable bonds is 3. The smallest absolute Gasteiger partial charge is 0.124 e. The monoisotopic (exact) mass is 294 g/mol. The van der Waals surface area contributed by atoms with Gasteiger partial charge in [-0.3, -0.25) is 0 Å². The molecule has 0 aliphatic carbocycles. The highest BCUT2D eigenvalue weighted by atomic mass is 35.5. The van der Waals surface area contributed by atoms with Crippen molar-refractivity contribution < 1.29 is 0 Å². The van der Waals surface area contributed by atoms with Crippen molar-refractivity contribution in [3.05, 3.63) is 58.2 Å². The largest absolute Gasteiger partial charge is 0.250 e. The topological polar surface area (TPSA) is 36.7 Å². The van der Waals surface area contributed by atoms with E-state index in [4.69, 9.17) is 23.2 Å². The molecule has 1 aromatic heterocycles. The Bertz CT molecular complexity index is 581. The molecule has 0 radical (unpaired) electrons. The molecular weight excluding hydrogens is 287 g/mol. The Balaban J connectivity index is 2.27. The number of aromatic nitrogens is 1. The zero-order valence-corrected chi connectivity index (χ0v) is 11.5. The van der Waals surface area contributed by atoms with Crippen LogP contribution in [0.5, 0.6) is 0 Å². The van der Waals surface area contributed by atoms with Crippen molar-refractivity contribution in [2.24, 2.45) is 0 Å². The van der Waals surface area contributed by atoms with Crippen LogP contribution in [0.4, 0.5) is 0 Å². The Morgan fingerprint density at radius 2 is 2.06 bits per heavy atom. The van der Waals surface area contributed by atoms with E-state index in [1.54, 1.807) is 24.4 Å². The first-order valence-corrected chi connectivity index (χ1v) is 6.76. The van der Waals surface area contributed by atoms with Gasteiger partial charge in [-0.15, -0.1) is 0 Å². The zero-order chi connectivity index (χ0) is 13.0. The number of nitriles is 1. The standard InChI is InChI=1S/C13H8Cl2N2S/c14-9-4-5-10(11(15)7-9)12(8-16)18-13-3-1-2-6-17-13/h1-7,12H. The SMILES string of the molecule is N#CC(Sc1ccccn1)c1ccc(Cl)cc1Cl. The van der Waals surface area contributed by atoms with Crippen LogP contribution in [-0.4, -0.2) is 4.98 Å². The number of benzene rings is 1. The molecule has 0 aliphatic heterocycles. The van der Waals surface area contributed by atoms with Gasteiger partial charge >= 0.3 is 0 Å². The third kappa shape index (κ3) is 3.17. The first-order chi connectivity index (χ1) is 8.70. The Morgan fingerprint density at radius 3 is 2.67 bits per heavy atom. The second kappa shape index (κ2) is 6.10. The summed E-state index contributed by atoms with van der Waals surface area (Å²) in [5, 5.41) is 10.7. The molecule has 0 bridgehead atoms. The van der Waals surface area contributed by atoms with Crippen LogP contribution in [0.2, 0.25) is 10.0 Å². The van der Waals surface area contributed by atoms with E-state index in [2.05, 4.69) is 11.1 Å². The Labute approximate surface area is 120 Å². The Kier molecular flexibility index (Phi) is 4.48. The molecule has 2 nitrogen and oxygen atoms in total. The summed E-state index contributed by atoms with van der Waals surface area (Å²) in [6, 6.07) is 12.9. The quantitative estimate of drug-likeness (QED) is 0.767. The maximum atomic E-state index is 9.24. The molecule has 90 valence electrons. The highest BCUT2D eigenvalue weighted by Crippen LogP contribution is 2.37. The normalized spacial score (nSPS) is 11.8. The molecule has 0 saturated heterocycles. The van der Waals surface area contributed by atoms with E-state index in [1.165, 1.54) is 11.8 Å². The van der Waals surface area contributed by atoms with Crippen LogP contribution >= 0.6 is 35.0 Å². The first kappa shape index (κ1) is 13.2. The van der Waals surface area contributed by atoms with E-state index < -0.39 is 5.25 Å². The third-order valence-electron chi connectivity index (χ3n) is 2.24. The summed E-state index contributed by atoms with van der Waals surface area (Å²) >= 11 is 13.3. The predicted octanol–water partition coefficient (Wildman–Crippen LogP) is 4.75. The minimum Gasteiger partial charge on any atom is -0.250 e. The van der Waals surface area contributed by atoms with Gasteiger partial charge in [0.15, 0.2) is 0 Å². The maximum Gasteiger partial charge on any atom is 0.124 e. The van der Waals surface area contributed by atoms with E-state index in [0.29, 0.717) is 10.0 Å². The lowest BCUT2D eigenvalue weighted by Gasteiger charge is -2.10. The fraction of sp³-hybridized carbons (Fsp3) is 0.0769. The van der Waals surface area contributed by atoms with Crippen LogP contribution in [0.1, 0.15) is 10.8 Å². The predicted molar refractivity (Wildman–Crippen MR) is 74.9 cm³/mol. The van der Waals surface area contributed by atoms with Crippen molar-refractivity contribution in [2.75, 3.05) is 0 Å². The molecule has 0 spiro atoms. The summed E-state index contributed by atoms with van der Waals surface area (Å²) < 4.78 is 0. The molecule has 0 amide bonds. The van der Waals surface area contributed by atoms with Crippen molar-refractivity contribution in [2.45, 2.75) is 10.3 Å². The summed E-state index contributed by atoms with van der Waals surface area (Å²) in [5.74, 6) is 0. The molecular formula is C13H8Cl2N2S. The van der Waals surface area contributed by atoms with Crippen LogP contribution in [0, 0.1) is 11.3 Å². The van der Waals surface area contributed by atoms with Crippen molar-refractivity contribution in [3.8, 4) is 6.07 Å². The summed E-state index contributed by atoms with van der Waals surface area (Å²) in [5.41, 5.74) is 0.749. The average molecular weight is 295 g/mol. The molecule has 0 aliphatic rings. The number of hydrogen-bond donors (Lipinski definition) is 0. The van der Waals surface area contributed by atoms with Crippen molar-refractivity contribution in [1.82, 2.24) is 4.98 Å². The molecule has 0 saturated carbocycles. The van der Waals surface area contributed by atoms with Gasteiger partial charge in [-0.25, -0.2) is 4.98 Å². The molecule has 18 heavy (non-hydrogen) atoms. The molecule has 2 aromatic rings. The summed E-state index contributed by atoms with van der Waals surface area (Å²) in [6.07, 6.45) is 1.69. The average Bonchev–Trinajstić information content (AvgIpc) is 2.38. The second-order valence-electron chi connectivity index (χ2n) is 3.46. The number of hydrogen-bond acceptors (Lipinski definition) is 3. The first-order valence-electron chi connectivity index (χ1n) is 5.13. The number of nitrogens with zero attached hydrogens (tertiary/aromatic N) is 2. The second-order valence-corrected chi connectivity index (χ2v) is 5.43. The van der Waals surface area contributed by atoms with Gasteiger partial charge in [0.05, 0.1) is 11.1 Å². The lowest BCUT2D eigenvalue weighted by atomic mass is 10.1. The lowest BCUT2D eigenvalue weighted by molar-refractivity contribution is 1.11. The van der Waals surface area contributed by atoms with Gasteiger partial charge in [-0.2, -0.15) is 5.26 Å². The molecule has 2 rings (SSSR count). The summed E-state index contributed by atoms with van der Waals surface area (Å²) in [4.78, 5) is 4.18. The van der Waals surface area contributed by atoms with Crippen LogP contribution in [0.3, 0.4) is 0 Å². The van der Waals surface area contributed by atoms with Crippen LogP contribution in [0.15, 0.2) is 47.6 Å². The van der Waals surface area contributed by atoms with Gasteiger partial charge in [0.25, 0.3) is 0 Å². The third-order valence-corrected chi connectivity index (χ3v) is 3.88. The number of halogens is 2. The van der Waals surface area contributed by atoms with Crippen LogP contribution in [-0.2, 0) is 0 Å². The molecule has 1 aromatic carbocycles. The molecule has 0 N–H and O–H groups in total. The molecule has 1 atom stereocenters. The van der Waals surface area contributed by atoms with Crippen molar-refractivity contribution in [3.63, 3.8) is 0 Å². The van der Waals surface area contributed by atoms with E-state index in [-0.39, 0.29) is 0 Å². The van der Waals surface area contributed by atoms with E-state index in [1.807, 2.05) is 18.2 Å². The fourth-order valence-electron chi connectivity index (χ4n) is 1.41. The van der Waals surface area contributed by atoms with E-state index in [0.717, 1.165) is 10.6 Å². The van der Waals surface area contributed by atoms with Crippen molar-refractivity contribution in [1.29, 1.82) is 5.26 Å². The Hall–Kier alpha value is -1.21. The van der Waals surface area contributed by atoms with Crippen LogP contribution < -0.4 is 0 Å². The van der Waals surface area contributed by atoms with Crippen molar-refractivity contribution >= 4 is 35.0 Å². The van der Waals surface area contributed by atoms with Gasteiger partial charge in [0, 0.05) is 16.2 Å². The lowest BCUT2D eigenvalue weighted by Crippen LogP contribution is -1.93. The van der Waals surface area contributed by atoms with Gasteiger partial charge in [0.2, 0.25) is 0 Å². The molecule has 5 heteroatoms.